The molecule has 1 aliphatic rings. The van der Waals surface area contributed by atoms with E-state index in [0.717, 1.165) is 22.7 Å². The number of nitrogens with zero attached hydrogens (tertiary/aromatic N) is 2. The fraction of sp³-hybridized carbons (Fsp3) is 0.188. The molecule has 2 heterocycles. The molecule has 0 spiro atoms. The number of carbonyl (C=O) groups is 2. The van der Waals surface area contributed by atoms with Gasteiger partial charge in [0.05, 0.1) is 0 Å². The second-order valence-electron chi connectivity index (χ2n) is 5.28. The number of hydrogen-bond acceptors (Lipinski definition) is 5. The highest BCUT2D eigenvalue weighted by molar-refractivity contribution is 6.28. The molecule has 6 heteroatoms. The molecular weight excluding hydrogens is 284 g/mol. The topological polar surface area (TPSA) is 70.8 Å². The second-order valence-corrected chi connectivity index (χ2v) is 5.28. The zero-order valence-corrected chi connectivity index (χ0v) is 12.4. The van der Waals surface area contributed by atoms with Crippen molar-refractivity contribution in [1.82, 2.24) is 0 Å². The van der Waals surface area contributed by atoms with Crippen molar-refractivity contribution in [2.45, 2.75) is 6.92 Å². The molecule has 0 atom stereocenters. The summed E-state index contributed by atoms with van der Waals surface area (Å²) in [6, 6.07) is 5.44. The molecule has 1 aromatic heterocycles. The van der Waals surface area contributed by atoms with Gasteiger partial charge < -0.3 is 9.32 Å². The van der Waals surface area contributed by atoms with Gasteiger partial charge in [0.2, 0.25) is 0 Å². The summed E-state index contributed by atoms with van der Waals surface area (Å²) in [7, 11) is 3.77. The van der Waals surface area contributed by atoms with Crippen LogP contribution >= 0.6 is 0 Å². The third-order valence-corrected chi connectivity index (χ3v) is 3.67. The number of rotatable bonds is 2. The fourth-order valence-electron chi connectivity index (χ4n) is 2.49. The highest BCUT2D eigenvalue weighted by atomic mass is 16.4. The van der Waals surface area contributed by atoms with Crippen LogP contribution in [0.2, 0.25) is 0 Å². The lowest BCUT2D eigenvalue weighted by Gasteiger charge is -2.17. The van der Waals surface area contributed by atoms with Crippen LogP contribution in [0.15, 0.2) is 39.6 Å². The number of fused-ring (bicyclic) bond motifs is 1. The lowest BCUT2D eigenvalue weighted by atomic mass is 10.1. The Kier molecular flexibility index (Phi) is 3.09. The van der Waals surface area contributed by atoms with Gasteiger partial charge in [-0.1, -0.05) is 0 Å². The standard InChI is InChI=1S/C16H14N2O4/c1-9-11-5-4-10(17(2)3)8-12(11)22-16(21)15(9)18-13(19)6-7-14(18)20/h4-8H,1-3H3. The van der Waals surface area contributed by atoms with Gasteiger partial charge in [0.25, 0.3) is 11.8 Å². The molecule has 0 aliphatic carbocycles. The van der Waals surface area contributed by atoms with Crippen LogP contribution < -0.4 is 15.4 Å². The van der Waals surface area contributed by atoms with E-state index in [2.05, 4.69) is 0 Å². The SMILES string of the molecule is Cc1c(N2C(=O)C=CC2=O)c(=O)oc2cc(N(C)C)ccc12. The first-order chi connectivity index (χ1) is 10.4. The first-order valence-electron chi connectivity index (χ1n) is 6.71. The Balaban J connectivity index is 2.26. The van der Waals surface area contributed by atoms with E-state index in [9.17, 15) is 14.4 Å². The van der Waals surface area contributed by atoms with Gasteiger partial charge in [-0.3, -0.25) is 9.59 Å². The van der Waals surface area contributed by atoms with Gasteiger partial charge in [0.15, 0.2) is 0 Å². The molecule has 0 saturated carbocycles. The minimum Gasteiger partial charge on any atom is -0.421 e. The van der Waals surface area contributed by atoms with E-state index in [-0.39, 0.29) is 5.69 Å². The molecule has 0 fully saturated rings. The maximum absolute atomic E-state index is 12.3. The van der Waals surface area contributed by atoms with E-state index >= 15 is 0 Å². The number of carbonyl (C=O) groups excluding carboxylic acids is 2. The molecule has 22 heavy (non-hydrogen) atoms. The Bertz CT molecular complexity index is 875. The first-order valence-corrected chi connectivity index (χ1v) is 6.71. The van der Waals surface area contributed by atoms with Crippen LogP contribution in [0.3, 0.4) is 0 Å². The summed E-state index contributed by atoms with van der Waals surface area (Å²) in [5.74, 6) is -1.07. The van der Waals surface area contributed by atoms with Gasteiger partial charge in [0, 0.05) is 43.4 Å². The Hall–Kier alpha value is -2.89. The highest BCUT2D eigenvalue weighted by Crippen LogP contribution is 2.29. The minimum atomic E-state index is -0.702. The van der Waals surface area contributed by atoms with Crippen LogP contribution in [0.1, 0.15) is 5.56 Å². The van der Waals surface area contributed by atoms with Crippen LogP contribution in [-0.2, 0) is 9.59 Å². The molecule has 0 radical (unpaired) electrons. The van der Waals surface area contributed by atoms with E-state index in [0.29, 0.717) is 16.5 Å². The third kappa shape index (κ3) is 2.00. The molecule has 0 bridgehead atoms. The second kappa shape index (κ2) is 4.84. The number of hydrogen-bond donors (Lipinski definition) is 0. The summed E-state index contributed by atoms with van der Waals surface area (Å²) in [5, 5.41) is 0.688. The number of amides is 2. The van der Waals surface area contributed by atoms with E-state index in [1.807, 2.05) is 31.1 Å². The van der Waals surface area contributed by atoms with Crippen LogP contribution in [-0.4, -0.2) is 25.9 Å². The van der Waals surface area contributed by atoms with Crippen molar-refractivity contribution in [1.29, 1.82) is 0 Å². The van der Waals surface area contributed by atoms with Gasteiger partial charge in [-0.15, -0.1) is 0 Å². The average molecular weight is 298 g/mol. The summed E-state index contributed by atoms with van der Waals surface area (Å²) >= 11 is 0. The van der Waals surface area contributed by atoms with Gasteiger partial charge in [-0.25, -0.2) is 9.69 Å². The van der Waals surface area contributed by atoms with Crippen LogP contribution in [0.4, 0.5) is 11.4 Å². The van der Waals surface area contributed by atoms with Crippen LogP contribution in [0, 0.1) is 6.92 Å². The largest absolute Gasteiger partial charge is 0.421 e. The van der Waals surface area contributed by atoms with Crippen molar-refractivity contribution in [2.24, 2.45) is 0 Å². The lowest BCUT2D eigenvalue weighted by Crippen LogP contribution is -2.34. The van der Waals surface area contributed by atoms with Crippen molar-refractivity contribution in [3.05, 3.63) is 46.3 Å². The third-order valence-electron chi connectivity index (χ3n) is 3.67. The molecule has 0 N–H and O–H groups in total. The number of benzene rings is 1. The van der Waals surface area contributed by atoms with Crippen LogP contribution in [0.5, 0.6) is 0 Å². The lowest BCUT2D eigenvalue weighted by molar-refractivity contribution is -0.120. The molecular formula is C16H14N2O4. The zero-order chi connectivity index (χ0) is 16.0. The Morgan fingerprint density at radius 2 is 1.68 bits per heavy atom. The Labute approximate surface area is 126 Å². The summed E-state index contributed by atoms with van der Waals surface area (Å²) < 4.78 is 5.32. The predicted octanol–water partition coefficient (Wildman–Crippen LogP) is 1.60. The van der Waals surface area contributed by atoms with Gasteiger partial charge >= 0.3 is 5.63 Å². The monoisotopic (exact) mass is 298 g/mol. The molecule has 0 saturated heterocycles. The molecule has 1 aliphatic heterocycles. The first kappa shape index (κ1) is 14.1. The molecule has 112 valence electrons. The van der Waals surface area contributed by atoms with E-state index in [1.165, 1.54) is 0 Å². The number of aryl methyl sites for hydroxylation is 1. The van der Waals surface area contributed by atoms with Crippen molar-refractivity contribution >= 4 is 34.2 Å². The Morgan fingerprint density at radius 1 is 1.05 bits per heavy atom. The molecule has 2 aromatic rings. The number of imide groups is 1. The molecule has 6 nitrogen and oxygen atoms in total. The van der Waals surface area contributed by atoms with E-state index in [1.54, 1.807) is 13.0 Å². The quantitative estimate of drug-likeness (QED) is 0.622. The summed E-state index contributed by atoms with van der Waals surface area (Å²) in [4.78, 5) is 38.6. The zero-order valence-electron chi connectivity index (χ0n) is 12.4. The molecule has 3 rings (SSSR count). The maximum atomic E-state index is 12.3. The summed E-state index contributed by atoms with van der Waals surface area (Å²) in [6.45, 7) is 1.70. The minimum absolute atomic E-state index is 0.0231. The summed E-state index contributed by atoms with van der Waals surface area (Å²) in [6.07, 6.45) is 2.28. The molecule has 0 unspecified atom stereocenters. The molecule has 2 amide bonds. The van der Waals surface area contributed by atoms with Gasteiger partial charge in [-0.05, 0) is 24.6 Å². The van der Waals surface area contributed by atoms with Crippen molar-refractivity contribution < 1.29 is 14.0 Å². The maximum Gasteiger partial charge on any atom is 0.361 e. The number of anilines is 2. The predicted molar refractivity (Wildman–Crippen MR) is 83.2 cm³/mol. The smallest absolute Gasteiger partial charge is 0.361 e. The average Bonchev–Trinajstić information content (AvgIpc) is 2.78. The van der Waals surface area contributed by atoms with E-state index in [4.69, 9.17) is 4.42 Å². The highest BCUT2D eigenvalue weighted by Gasteiger charge is 2.30. The van der Waals surface area contributed by atoms with Gasteiger partial charge in [-0.2, -0.15) is 0 Å². The van der Waals surface area contributed by atoms with Crippen molar-refractivity contribution in [2.75, 3.05) is 23.9 Å². The fourth-order valence-corrected chi connectivity index (χ4v) is 2.49. The summed E-state index contributed by atoms with van der Waals surface area (Å²) in [5.41, 5.74) is 1.13. The van der Waals surface area contributed by atoms with Crippen molar-refractivity contribution in [3.63, 3.8) is 0 Å². The molecule has 1 aromatic carbocycles. The normalized spacial score (nSPS) is 14.2. The van der Waals surface area contributed by atoms with E-state index < -0.39 is 17.4 Å². The van der Waals surface area contributed by atoms with Crippen molar-refractivity contribution in [3.8, 4) is 0 Å². The Morgan fingerprint density at radius 3 is 2.27 bits per heavy atom. The van der Waals surface area contributed by atoms with Crippen LogP contribution in [0.25, 0.3) is 11.0 Å². The van der Waals surface area contributed by atoms with Gasteiger partial charge in [0.1, 0.15) is 11.3 Å².